The van der Waals surface area contributed by atoms with Gasteiger partial charge in [-0.2, -0.15) is 0 Å². The van der Waals surface area contributed by atoms with E-state index in [9.17, 15) is 0 Å². The third-order valence-electron chi connectivity index (χ3n) is 5.26. The molecule has 0 amide bonds. The van der Waals surface area contributed by atoms with Crippen LogP contribution in [0.5, 0.6) is 0 Å². The van der Waals surface area contributed by atoms with Crippen molar-refractivity contribution < 1.29 is 9.47 Å². The third kappa shape index (κ3) is 3.23. The van der Waals surface area contributed by atoms with E-state index in [0.717, 1.165) is 44.2 Å². The van der Waals surface area contributed by atoms with Crippen LogP contribution in [0.1, 0.15) is 46.5 Å². The van der Waals surface area contributed by atoms with Gasteiger partial charge in [0.2, 0.25) is 0 Å². The fourth-order valence-corrected chi connectivity index (χ4v) is 3.17. The Morgan fingerprint density at radius 2 is 2.00 bits per heavy atom. The predicted octanol–water partition coefficient (Wildman–Crippen LogP) is 3.50. The number of hydrogen-bond donors (Lipinski definition) is 0. The lowest BCUT2D eigenvalue weighted by atomic mass is 9.74. The smallest absolute Gasteiger partial charge is 0.0523 e. The lowest BCUT2D eigenvalue weighted by molar-refractivity contribution is 0.116. The van der Waals surface area contributed by atoms with Gasteiger partial charge in [-0.3, -0.25) is 0 Å². The molecule has 100 valence electrons. The minimum atomic E-state index is 0.436. The van der Waals surface area contributed by atoms with Crippen LogP contribution in [0.25, 0.3) is 0 Å². The first-order chi connectivity index (χ1) is 8.12. The second-order valence-electron chi connectivity index (χ2n) is 6.54. The van der Waals surface area contributed by atoms with E-state index in [4.69, 9.17) is 9.47 Å². The highest BCUT2D eigenvalue weighted by Crippen LogP contribution is 2.39. The molecule has 0 saturated carbocycles. The minimum absolute atomic E-state index is 0.436. The van der Waals surface area contributed by atoms with Crippen molar-refractivity contribution in [3.8, 4) is 0 Å². The van der Waals surface area contributed by atoms with Crippen molar-refractivity contribution in [2.24, 2.45) is 23.2 Å². The summed E-state index contributed by atoms with van der Waals surface area (Å²) in [4.78, 5) is 0. The van der Waals surface area contributed by atoms with Gasteiger partial charge in [-0.05, 0) is 42.4 Å². The maximum Gasteiger partial charge on any atom is 0.0523 e. The minimum Gasteiger partial charge on any atom is -0.381 e. The number of rotatable bonds is 5. The normalized spacial score (nSPS) is 37.2. The fourth-order valence-electron chi connectivity index (χ4n) is 3.17. The maximum atomic E-state index is 5.57. The zero-order chi connectivity index (χ0) is 12.3. The molecule has 2 rings (SSSR count). The highest BCUT2D eigenvalue weighted by atomic mass is 16.5. The Labute approximate surface area is 106 Å². The number of hydrogen-bond acceptors (Lipinski definition) is 2. The molecule has 0 spiro atoms. The van der Waals surface area contributed by atoms with Gasteiger partial charge in [0, 0.05) is 19.8 Å². The van der Waals surface area contributed by atoms with Crippen molar-refractivity contribution >= 4 is 0 Å². The number of ether oxygens (including phenoxy) is 2. The summed E-state index contributed by atoms with van der Waals surface area (Å²) in [5, 5.41) is 0. The average molecular weight is 240 g/mol. The van der Waals surface area contributed by atoms with Crippen LogP contribution < -0.4 is 0 Å². The summed E-state index contributed by atoms with van der Waals surface area (Å²) in [7, 11) is 0. The van der Waals surface area contributed by atoms with Gasteiger partial charge in [0.25, 0.3) is 0 Å². The zero-order valence-corrected chi connectivity index (χ0v) is 11.7. The van der Waals surface area contributed by atoms with Gasteiger partial charge >= 0.3 is 0 Å². The molecule has 0 radical (unpaired) electrons. The summed E-state index contributed by atoms with van der Waals surface area (Å²) in [6, 6.07) is 0. The predicted molar refractivity (Wildman–Crippen MR) is 70.0 cm³/mol. The van der Waals surface area contributed by atoms with Gasteiger partial charge in [0.1, 0.15) is 0 Å². The molecule has 2 nitrogen and oxygen atoms in total. The topological polar surface area (TPSA) is 18.5 Å². The van der Waals surface area contributed by atoms with Crippen LogP contribution in [-0.4, -0.2) is 26.4 Å². The molecule has 2 saturated heterocycles. The summed E-state index contributed by atoms with van der Waals surface area (Å²) in [6.07, 6.45) is 5.22. The Morgan fingerprint density at radius 3 is 2.59 bits per heavy atom. The third-order valence-corrected chi connectivity index (χ3v) is 5.26. The van der Waals surface area contributed by atoms with Gasteiger partial charge < -0.3 is 9.47 Å². The lowest BCUT2D eigenvalue weighted by Crippen LogP contribution is -2.26. The van der Waals surface area contributed by atoms with Crippen LogP contribution in [0.2, 0.25) is 0 Å². The standard InChI is InChI=1S/C15H28O2/c1-12(14-6-8-16-10-14)4-5-13(2)15(3)7-9-17-11-15/h12-14H,4-11H2,1-3H3/t12?,13?,14-,15?/m0/s1. The van der Waals surface area contributed by atoms with Gasteiger partial charge in [-0.1, -0.05) is 27.2 Å². The molecule has 0 aliphatic carbocycles. The zero-order valence-electron chi connectivity index (χ0n) is 11.7. The van der Waals surface area contributed by atoms with E-state index in [1.54, 1.807) is 0 Å². The van der Waals surface area contributed by atoms with Crippen molar-refractivity contribution in [1.29, 1.82) is 0 Å². The highest BCUT2D eigenvalue weighted by molar-refractivity contribution is 4.84. The Bertz CT molecular complexity index is 227. The van der Waals surface area contributed by atoms with Gasteiger partial charge in [0.15, 0.2) is 0 Å². The Morgan fingerprint density at radius 1 is 1.18 bits per heavy atom. The second kappa shape index (κ2) is 5.71. The van der Waals surface area contributed by atoms with Crippen LogP contribution in [-0.2, 0) is 9.47 Å². The molecular formula is C15H28O2. The monoisotopic (exact) mass is 240 g/mol. The van der Waals surface area contributed by atoms with E-state index in [0.29, 0.717) is 5.41 Å². The fraction of sp³-hybridized carbons (Fsp3) is 1.00. The first-order valence-electron chi connectivity index (χ1n) is 7.27. The van der Waals surface area contributed by atoms with Crippen LogP contribution in [0.3, 0.4) is 0 Å². The van der Waals surface area contributed by atoms with Gasteiger partial charge in [-0.15, -0.1) is 0 Å². The molecule has 2 fully saturated rings. The van der Waals surface area contributed by atoms with Crippen LogP contribution in [0, 0.1) is 23.2 Å². The van der Waals surface area contributed by atoms with E-state index in [2.05, 4.69) is 20.8 Å². The summed E-state index contributed by atoms with van der Waals surface area (Å²) >= 11 is 0. The highest BCUT2D eigenvalue weighted by Gasteiger charge is 2.35. The lowest BCUT2D eigenvalue weighted by Gasteiger charge is -2.31. The molecule has 0 aromatic carbocycles. The van der Waals surface area contributed by atoms with E-state index in [1.807, 2.05) is 0 Å². The van der Waals surface area contributed by atoms with Crippen LogP contribution in [0.15, 0.2) is 0 Å². The summed E-state index contributed by atoms with van der Waals surface area (Å²) in [6.45, 7) is 11.1. The Balaban J connectivity index is 1.73. The molecule has 17 heavy (non-hydrogen) atoms. The van der Waals surface area contributed by atoms with E-state index in [1.165, 1.54) is 25.7 Å². The van der Waals surface area contributed by atoms with Crippen molar-refractivity contribution in [3.63, 3.8) is 0 Å². The Kier molecular flexibility index (Phi) is 4.48. The van der Waals surface area contributed by atoms with Crippen molar-refractivity contribution in [1.82, 2.24) is 0 Å². The average Bonchev–Trinajstić information content (AvgIpc) is 2.96. The molecule has 2 heterocycles. The largest absolute Gasteiger partial charge is 0.381 e. The molecule has 0 aromatic rings. The van der Waals surface area contributed by atoms with E-state index >= 15 is 0 Å². The molecule has 3 unspecified atom stereocenters. The Hall–Kier alpha value is -0.0800. The van der Waals surface area contributed by atoms with E-state index in [-0.39, 0.29) is 0 Å². The van der Waals surface area contributed by atoms with Crippen molar-refractivity contribution in [3.05, 3.63) is 0 Å². The first-order valence-corrected chi connectivity index (χ1v) is 7.27. The summed E-state index contributed by atoms with van der Waals surface area (Å²) < 4.78 is 11.1. The van der Waals surface area contributed by atoms with Crippen molar-refractivity contribution in [2.45, 2.75) is 46.5 Å². The first kappa shape index (κ1) is 13.4. The molecule has 0 N–H and O–H groups in total. The molecule has 0 aromatic heterocycles. The van der Waals surface area contributed by atoms with Gasteiger partial charge in [-0.25, -0.2) is 0 Å². The molecule has 2 aliphatic heterocycles. The maximum absolute atomic E-state index is 5.57. The summed E-state index contributed by atoms with van der Waals surface area (Å²) in [5.41, 5.74) is 0.436. The van der Waals surface area contributed by atoms with Crippen molar-refractivity contribution in [2.75, 3.05) is 26.4 Å². The second-order valence-corrected chi connectivity index (χ2v) is 6.54. The molecule has 0 bridgehead atoms. The SMILES string of the molecule is CC(CCC(C)C1(C)CCOC1)[C@H]1CCOC1. The van der Waals surface area contributed by atoms with Crippen LogP contribution >= 0.6 is 0 Å². The summed E-state index contributed by atoms with van der Waals surface area (Å²) in [5.74, 6) is 2.43. The van der Waals surface area contributed by atoms with Gasteiger partial charge in [0.05, 0.1) is 6.61 Å². The molecular weight excluding hydrogens is 212 g/mol. The molecule has 2 aliphatic rings. The van der Waals surface area contributed by atoms with E-state index < -0.39 is 0 Å². The molecule has 2 heteroatoms. The molecule has 4 atom stereocenters. The van der Waals surface area contributed by atoms with Crippen LogP contribution in [0.4, 0.5) is 0 Å². The quantitative estimate of drug-likeness (QED) is 0.732.